The monoisotopic (exact) mass is 1080 g/mol. The van der Waals surface area contributed by atoms with Crippen molar-refractivity contribution in [2.75, 3.05) is 14.2 Å². The van der Waals surface area contributed by atoms with Crippen LogP contribution >= 0.6 is 39.1 Å². The summed E-state index contributed by atoms with van der Waals surface area (Å²) in [5.74, 6) is -2.75. The number of phenols is 1. The van der Waals surface area contributed by atoms with E-state index in [9.17, 15) is 29.1 Å². The van der Waals surface area contributed by atoms with Crippen LogP contribution in [0.1, 0.15) is 102 Å². The van der Waals surface area contributed by atoms with Gasteiger partial charge in [-0.2, -0.15) is 0 Å². The minimum atomic E-state index is -1.10. The van der Waals surface area contributed by atoms with Crippen molar-refractivity contribution in [3.63, 3.8) is 0 Å². The summed E-state index contributed by atoms with van der Waals surface area (Å²) in [6.45, 7) is 7.94. The first-order chi connectivity index (χ1) is 34.1. The van der Waals surface area contributed by atoms with E-state index in [0.717, 1.165) is 54.6 Å². The molecule has 0 aromatic heterocycles. The van der Waals surface area contributed by atoms with Gasteiger partial charge in [0.05, 0.1) is 51.0 Å². The Kier molecular flexibility index (Phi) is 23.8. The van der Waals surface area contributed by atoms with E-state index in [2.05, 4.69) is 41.9 Å². The fraction of sp³-hybridized carbons (Fsp3) is 0.196. The van der Waals surface area contributed by atoms with Gasteiger partial charge in [0.15, 0.2) is 0 Å². The Balaban J connectivity index is 0.000000242. The second kappa shape index (κ2) is 29.1. The lowest BCUT2D eigenvalue weighted by molar-refractivity contribution is -0.137. The van der Waals surface area contributed by atoms with Crippen LogP contribution in [0.3, 0.4) is 0 Å². The molecule has 0 aliphatic rings. The summed E-state index contributed by atoms with van der Waals surface area (Å²) in [6, 6.07) is 40.8. The molecule has 378 valence electrons. The Labute approximate surface area is 436 Å². The van der Waals surface area contributed by atoms with Gasteiger partial charge in [0.2, 0.25) is 0 Å². The molecule has 0 radical (unpaired) electrons. The molecule has 0 amide bonds. The lowest BCUT2D eigenvalue weighted by Crippen LogP contribution is -2.13. The molecule has 0 heterocycles. The van der Waals surface area contributed by atoms with E-state index in [1.54, 1.807) is 57.5 Å². The number of aliphatic carboxylic acids is 1. The largest absolute Gasteiger partial charge is 0.508 e. The Morgan fingerprint density at radius 1 is 0.583 bits per heavy atom. The predicted molar refractivity (Wildman–Crippen MR) is 283 cm³/mol. The van der Waals surface area contributed by atoms with E-state index < -0.39 is 29.8 Å². The highest BCUT2D eigenvalue weighted by molar-refractivity contribution is 9.10. The number of carboxylic acids is 5. The average Bonchev–Trinajstić information content (AvgIpc) is 3.33. The highest BCUT2D eigenvalue weighted by atomic mass is 79.9. The second-order valence-corrected chi connectivity index (χ2v) is 17.7. The van der Waals surface area contributed by atoms with Crippen LogP contribution in [0.5, 0.6) is 17.2 Å². The van der Waals surface area contributed by atoms with E-state index in [0.29, 0.717) is 34.9 Å². The molecule has 72 heavy (non-hydrogen) atoms. The molecule has 0 spiro atoms. The minimum Gasteiger partial charge on any atom is -0.508 e. The van der Waals surface area contributed by atoms with Crippen LogP contribution in [-0.2, 0) is 11.2 Å². The number of phenolic OH excluding ortho intramolecular Hbond substituents is 1. The molecule has 13 nitrogen and oxygen atoms in total. The first kappa shape index (κ1) is 58.9. The number of aromatic carboxylic acids is 4. The van der Waals surface area contributed by atoms with Gasteiger partial charge < -0.3 is 40.1 Å². The van der Waals surface area contributed by atoms with Gasteiger partial charge in [0.25, 0.3) is 0 Å². The number of halogens is 3. The molecule has 6 N–H and O–H groups in total. The summed E-state index contributed by atoms with van der Waals surface area (Å²) >= 11 is 14.6. The van der Waals surface area contributed by atoms with Gasteiger partial charge >= 0.3 is 29.8 Å². The van der Waals surface area contributed by atoms with Gasteiger partial charge in [0, 0.05) is 12.3 Å². The van der Waals surface area contributed by atoms with E-state index in [4.69, 9.17) is 58.2 Å². The summed E-state index contributed by atoms with van der Waals surface area (Å²) in [7, 11) is 3.18. The molecular weight excluding hydrogens is 1030 g/mol. The maximum absolute atomic E-state index is 11.4. The summed E-state index contributed by atoms with van der Waals surface area (Å²) < 4.78 is 11.3. The van der Waals surface area contributed by atoms with Gasteiger partial charge in [-0.15, -0.1) is 0 Å². The zero-order valence-electron chi connectivity index (χ0n) is 40.2. The first-order valence-electron chi connectivity index (χ1n) is 22.0. The quantitative estimate of drug-likeness (QED) is 0.0633. The number of benzene rings is 7. The highest BCUT2D eigenvalue weighted by Crippen LogP contribution is 2.35. The van der Waals surface area contributed by atoms with Crippen LogP contribution < -0.4 is 9.47 Å². The highest BCUT2D eigenvalue weighted by Gasteiger charge is 2.23. The van der Waals surface area contributed by atoms with Gasteiger partial charge in [-0.1, -0.05) is 128 Å². The number of carbonyl (C=O) groups is 5. The van der Waals surface area contributed by atoms with Crippen LogP contribution in [0, 0.1) is 19.8 Å². The van der Waals surface area contributed by atoms with Gasteiger partial charge in [-0.05, 0) is 136 Å². The molecule has 0 aliphatic heterocycles. The Bertz CT molecular complexity index is 2970. The van der Waals surface area contributed by atoms with Crippen molar-refractivity contribution in [2.45, 2.75) is 52.9 Å². The summed E-state index contributed by atoms with van der Waals surface area (Å²) in [4.78, 5) is 53.7. The second-order valence-electron chi connectivity index (χ2n) is 16.1. The fourth-order valence-corrected chi connectivity index (χ4v) is 8.24. The molecule has 7 aromatic carbocycles. The molecule has 0 saturated heterocycles. The van der Waals surface area contributed by atoms with Crippen molar-refractivity contribution in [1.29, 1.82) is 0 Å². The van der Waals surface area contributed by atoms with Gasteiger partial charge in [-0.25, -0.2) is 19.2 Å². The van der Waals surface area contributed by atoms with Crippen molar-refractivity contribution in [2.24, 2.45) is 5.92 Å². The third kappa shape index (κ3) is 17.5. The lowest BCUT2D eigenvalue weighted by atomic mass is 9.80. The molecule has 16 heteroatoms. The Morgan fingerprint density at radius 3 is 1.65 bits per heavy atom. The number of carboxylic acid groups (broad SMARTS) is 5. The lowest BCUT2D eigenvalue weighted by Gasteiger charge is -2.23. The molecule has 0 saturated carbocycles. The van der Waals surface area contributed by atoms with E-state index in [-0.39, 0.29) is 34.2 Å². The summed E-state index contributed by atoms with van der Waals surface area (Å²) in [5, 5.41) is 55.1. The summed E-state index contributed by atoms with van der Waals surface area (Å²) in [6.07, 6.45) is 1.39. The SMILES string of the molecule is CC(C)C(c1ccccc1)c1ccccc1C(=O)O.COc1cc(CCCC(=O)O)c(OC)cc1Br.Cc1cccc(C(=O)O)c1Cl.Cc1cccc2cccc(C(=O)O)c12.O=C(O)c1ccc(O)cc1Cl. The topological polar surface area (TPSA) is 225 Å². The number of aryl methyl sites for hydroxylation is 3. The summed E-state index contributed by atoms with van der Waals surface area (Å²) in [5.41, 5.74) is 5.70. The first-order valence-corrected chi connectivity index (χ1v) is 23.6. The smallest absolute Gasteiger partial charge is 0.337 e. The number of fused-ring (bicyclic) bond motifs is 1. The normalized spacial score (nSPS) is 10.6. The predicted octanol–water partition coefficient (Wildman–Crippen LogP) is 14.0. The van der Waals surface area contributed by atoms with E-state index in [1.165, 1.54) is 24.3 Å². The maximum atomic E-state index is 11.4. The molecule has 0 fully saturated rings. The number of ether oxygens (including phenoxy) is 2. The third-order valence-electron chi connectivity index (χ3n) is 10.7. The standard InChI is InChI=1S/C17H18O2.C12H15BrO4.C12H10O2.C8H7ClO2.C7H5ClO3/c1-12(2)16(13-8-4-3-5-9-13)14-10-6-7-11-15(14)17(18)19;1-16-10-7-9(13)11(17-2)6-8(10)4-3-5-12(14)15;1-8-4-2-5-9-6-3-7-10(11(8)9)12(13)14;1-5-3-2-4-6(7(5)9)8(10)11;8-6-3-4(9)1-2-5(6)7(10)11/h3-12,16H,1-2H3,(H,18,19);6-7H,3-5H2,1-2H3,(H,14,15);2-7H,1H3,(H,13,14);2-4H,1H3,(H,10,11);1-3,9H,(H,10,11). The van der Waals surface area contributed by atoms with Crippen LogP contribution in [0.25, 0.3) is 10.8 Å². The van der Waals surface area contributed by atoms with Crippen molar-refractivity contribution >= 4 is 79.8 Å². The van der Waals surface area contributed by atoms with E-state index in [1.807, 2.05) is 73.7 Å². The minimum absolute atomic E-state index is 0.00975. The zero-order valence-corrected chi connectivity index (χ0v) is 43.3. The molecule has 0 bridgehead atoms. The molecule has 7 rings (SSSR count). The van der Waals surface area contributed by atoms with Crippen LogP contribution in [0.2, 0.25) is 10.0 Å². The van der Waals surface area contributed by atoms with Crippen LogP contribution in [-0.4, -0.2) is 74.7 Å². The number of aromatic hydroxyl groups is 1. The zero-order chi connectivity index (χ0) is 53.7. The molecule has 1 atom stereocenters. The van der Waals surface area contributed by atoms with Crippen molar-refractivity contribution < 1.29 is 64.1 Å². The van der Waals surface area contributed by atoms with Crippen LogP contribution in [0.4, 0.5) is 0 Å². The van der Waals surface area contributed by atoms with Gasteiger partial charge in [0.1, 0.15) is 17.2 Å². The molecular formula is C56H55BrCl2O13. The van der Waals surface area contributed by atoms with E-state index >= 15 is 0 Å². The number of methoxy groups -OCH3 is 2. The maximum Gasteiger partial charge on any atom is 0.337 e. The Hall–Kier alpha value is -7.39. The van der Waals surface area contributed by atoms with Crippen molar-refractivity contribution in [3.8, 4) is 17.2 Å². The van der Waals surface area contributed by atoms with Crippen molar-refractivity contribution in [3.05, 3.63) is 204 Å². The average molecular weight is 1090 g/mol. The van der Waals surface area contributed by atoms with Gasteiger partial charge in [-0.3, -0.25) is 4.79 Å². The molecule has 0 aliphatic carbocycles. The van der Waals surface area contributed by atoms with Crippen molar-refractivity contribution in [1.82, 2.24) is 0 Å². The number of rotatable bonds is 13. The fourth-order valence-electron chi connectivity index (χ4n) is 7.29. The number of hydrogen-bond acceptors (Lipinski definition) is 8. The number of hydrogen-bond donors (Lipinski definition) is 6. The Morgan fingerprint density at radius 2 is 1.11 bits per heavy atom. The molecule has 1 unspecified atom stereocenters. The molecule has 7 aromatic rings. The third-order valence-corrected chi connectivity index (χ3v) is 12.1. The van der Waals surface area contributed by atoms with Crippen LogP contribution in [0.15, 0.2) is 144 Å².